The van der Waals surface area contributed by atoms with Crippen molar-refractivity contribution in [1.82, 2.24) is 10.2 Å². The molecule has 2 heterocycles. The highest BCUT2D eigenvalue weighted by Crippen LogP contribution is 2.40. The van der Waals surface area contributed by atoms with Gasteiger partial charge in [0.2, 0.25) is 11.8 Å². The zero-order chi connectivity index (χ0) is 19.7. The molecule has 0 saturated heterocycles. The Labute approximate surface area is 178 Å². The number of amides is 1. The van der Waals surface area contributed by atoms with Crippen molar-refractivity contribution in [3.63, 3.8) is 0 Å². The molecular weight excluding hydrogens is 445 g/mol. The predicted molar refractivity (Wildman–Crippen MR) is 111 cm³/mol. The molecule has 0 fully saturated rings. The number of carbonyl (C=O) groups is 1. The average molecular weight is 455 g/mol. The molecular formula is C18H10Cl3N3O3S. The number of hydrogen-bond donors (Lipinski definition) is 1. The van der Waals surface area contributed by atoms with Crippen molar-refractivity contribution < 1.29 is 14.3 Å². The number of benzene rings is 2. The molecule has 1 N–H and O–H groups in total. The molecule has 1 aliphatic rings. The average Bonchev–Trinajstić information content (AvgIpc) is 3.33. The van der Waals surface area contributed by atoms with Crippen molar-refractivity contribution in [2.24, 2.45) is 0 Å². The zero-order valence-corrected chi connectivity index (χ0v) is 17.0. The first-order valence-corrected chi connectivity index (χ1v) is 9.82. The maximum Gasteiger partial charge on any atom is 0.286 e. The van der Waals surface area contributed by atoms with E-state index in [0.29, 0.717) is 42.8 Å². The lowest BCUT2D eigenvalue weighted by Crippen LogP contribution is -2.11. The standard InChI is InChI=1S/C18H10Cl3N3O3S/c19-10-1-3-11(4-2-10)22-16(25)18-24-23-17(28-18)13(21)6-9-5-12(20)15-14(7-9)26-8-27-15/h1-7H,8H2,(H,22,25)/b13-6-. The summed E-state index contributed by atoms with van der Waals surface area (Å²) in [5, 5.41) is 12.5. The molecule has 4 rings (SSSR count). The second-order valence-corrected chi connectivity index (χ2v) is 7.83. The summed E-state index contributed by atoms with van der Waals surface area (Å²) >= 11 is 19.4. The summed E-state index contributed by atoms with van der Waals surface area (Å²) in [6.07, 6.45) is 1.66. The number of anilines is 1. The van der Waals surface area contributed by atoms with Gasteiger partial charge in [-0.15, -0.1) is 10.2 Å². The predicted octanol–water partition coefficient (Wildman–Crippen LogP) is 5.56. The van der Waals surface area contributed by atoms with Crippen molar-refractivity contribution in [2.75, 3.05) is 12.1 Å². The van der Waals surface area contributed by atoms with Gasteiger partial charge in [0.15, 0.2) is 16.5 Å². The van der Waals surface area contributed by atoms with E-state index in [2.05, 4.69) is 15.5 Å². The number of carbonyl (C=O) groups excluding carboxylic acids is 1. The van der Waals surface area contributed by atoms with Crippen LogP contribution in [0.25, 0.3) is 11.1 Å². The number of rotatable bonds is 4. The van der Waals surface area contributed by atoms with Gasteiger partial charge in [-0.3, -0.25) is 4.79 Å². The number of hydrogen-bond acceptors (Lipinski definition) is 6. The van der Waals surface area contributed by atoms with E-state index in [1.165, 1.54) is 0 Å². The van der Waals surface area contributed by atoms with Gasteiger partial charge in [0.1, 0.15) is 0 Å². The highest BCUT2D eigenvalue weighted by Gasteiger charge is 2.19. The van der Waals surface area contributed by atoms with Crippen LogP contribution in [0, 0.1) is 0 Å². The van der Waals surface area contributed by atoms with E-state index in [9.17, 15) is 4.79 Å². The van der Waals surface area contributed by atoms with Gasteiger partial charge in [0, 0.05) is 10.7 Å². The van der Waals surface area contributed by atoms with E-state index < -0.39 is 0 Å². The van der Waals surface area contributed by atoms with E-state index in [4.69, 9.17) is 44.3 Å². The minimum atomic E-state index is -0.387. The van der Waals surface area contributed by atoms with Gasteiger partial charge >= 0.3 is 0 Å². The molecule has 3 aromatic rings. The number of nitrogens with one attached hydrogen (secondary N) is 1. The molecule has 0 bridgehead atoms. The van der Waals surface area contributed by atoms with Crippen LogP contribution in [0.1, 0.15) is 20.4 Å². The number of aromatic nitrogens is 2. The van der Waals surface area contributed by atoms with Crippen molar-refractivity contribution >= 4 is 68.8 Å². The summed E-state index contributed by atoms with van der Waals surface area (Å²) in [4.78, 5) is 12.3. The van der Waals surface area contributed by atoms with E-state index in [1.807, 2.05) is 0 Å². The van der Waals surface area contributed by atoms with Crippen LogP contribution in [0.2, 0.25) is 10.0 Å². The van der Waals surface area contributed by atoms with E-state index >= 15 is 0 Å². The minimum absolute atomic E-state index is 0.123. The SMILES string of the molecule is O=C(Nc1ccc(Cl)cc1)c1nnc(/C(Cl)=C/c2cc(Cl)c3c(c2)OCO3)s1. The molecule has 28 heavy (non-hydrogen) atoms. The Morgan fingerprint density at radius 1 is 1.11 bits per heavy atom. The summed E-state index contributed by atoms with van der Waals surface area (Å²) in [5.41, 5.74) is 1.31. The molecule has 6 nitrogen and oxygen atoms in total. The fourth-order valence-corrected chi connectivity index (χ4v) is 3.73. The summed E-state index contributed by atoms with van der Waals surface area (Å²) in [7, 11) is 0. The van der Waals surface area contributed by atoms with Crippen LogP contribution in [-0.2, 0) is 0 Å². The Morgan fingerprint density at radius 2 is 1.86 bits per heavy atom. The largest absolute Gasteiger partial charge is 0.454 e. The van der Waals surface area contributed by atoms with Crippen LogP contribution in [0.5, 0.6) is 11.5 Å². The second kappa shape index (κ2) is 7.97. The third kappa shape index (κ3) is 4.07. The van der Waals surface area contributed by atoms with Crippen LogP contribution >= 0.6 is 46.1 Å². The van der Waals surface area contributed by atoms with Crippen molar-refractivity contribution in [3.05, 3.63) is 62.0 Å². The molecule has 0 saturated carbocycles. The number of fused-ring (bicyclic) bond motifs is 1. The molecule has 1 amide bonds. The molecule has 1 aliphatic heterocycles. The van der Waals surface area contributed by atoms with Crippen LogP contribution in [-0.4, -0.2) is 22.9 Å². The Bertz CT molecular complexity index is 1080. The monoisotopic (exact) mass is 453 g/mol. The highest BCUT2D eigenvalue weighted by atomic mass is 35.5. The first-order chi connectivity index (χ1) is 13.5. The molecule has 0 radical (unpaired) electrons. The molecule has 0 atom stereocenters. The van der Waals surface area contributed by atoms with Crippen molar-refractivity contribution in [3.8, 4) is 11.5 Å². The Hall–Kier alpha value is -2.32. The quantitative estimate of drug-likeness (QED) is 0.558. The van der Waals surface area contributed by atoms with E-state index in [-0.39, 0.29) is 17.7 Å². The van der Waals surface area contributed by atoms with Crippen LogP contribution in [0.3, 0.4) is 0 Å². The third-order valence-electron chi connectivity index (χ3n) is 3.67. The number of halogens is 3. The first-order valence-electron chi connectivity index (χ1n) is 7.87. The van der Waals surface area contributed by atoms with Gasteiger partial charge in [0.25, 0.3) is 5.91 Å². The summed E-state index contributed by atoms with van der Waals surface area (Å²) < 4.78 is 10.6. The lowest BCUT2D eigenvalue weighted by atomic mass is 10.2. The number of ether oxygens (including phenoxy) is 2. The van der Waals surface area contributed by atoms with E-state index in [0.717, 1.165) is 11.3 Å². The van der Waals surface area contributed by atoms with Crippen molar-refractivity contribution in [1.29, 1.82) is 0 Å². The molecule has 142 valence electrons. The van der Waals surface area contributed by atoms with E-state index in [1.54, 1.807) is 42.5 Å². The first kappa shape index (κ1) is 19.0. The molecule has 0 unspecified atom stereocenters. The number of nitrogens with zero attached hydrogens (tertiary/aromatic N) is 2. The van der Waals surface area contributed by atoms with Gasteiger partial charge in [-0.2, -0.15) is 0 Å². The summed E-state index contributed by atoms with van der Waals surface area (Å²) in [6, 6.07) is 10.2. The molecule has 0 spiro atoms. The second-order valence-electron chi connectivity index (χ2n) is 5.60. The van der Waals surface area contributed by atoms with Gasteiger partial charge in [-0.1, -0.05) is 46.1 Å². The van der Waals surface area contributed by atoms with Gasteiger partial charge in [-0.05, 0) is 48.0 Å². The Morgan fingerprint density at radius 3 is 2.64 bits per heavy atom. The zero-order valence-electron chi connectivity index (χ0n) is 13.9. The molecule has 1 aromatic heterocycles. The Balaban J connectivity index is 1.52. The van der Waals surface area contributed by atoms with Gasteiger partial charge in [0.05, 0.1) is 10.1 Å². The topological polar surface area (TPSA) is 73.3 Å². The third-order valence-corrected chi connectivity index (χ3v) is 5.56. The molecule has 2 aromatic carbocycles. The molecule has 10 heteroatoms. The van der Waals surface area contributed by atoms with Gasteiger partial charge < -0.3 is 14.8 Å². The maximum absolute atomic E-state index is 12.3. The summed E-state index contributed by atoms with van der Waals surface area (Å²) in [6.45, 7) is 0.123. The highest BCUT2D eigenvalue weighted by molar-refractivity contribution is 7.15. The van der Waals surface area contributed by atoms with Crippen molar-refractivity contribution in [2.45, 2.75) is 0 Å². The maximum atomic E-state index is 12.3. The normalized spacial score (nSPS) is 12.9. The lowest BCUT2D eigenvalue weighted by Gasteiger charge is -2.02. The van der Waals surface area contributed by atoms with Crippen LogP contribution < -0.4 is 14.8 Å². The van der Waals surface area contributed by atoms with Gasteiger partial charge in [-0.25, -0.2) is 0 Å². The van der Waals surface area contributed by atoms with Crippen LogP contribution in [0.15, 0.2) is 36.4 Å². The van der Waals surface area contributed by atoms with Crippen LogP contribution in [0.4, 0.5) is 5.69 Å². The summed E-state index contributed by atoms with van der Waals surface area (Å²) in [5.74, 6) is 0.664. The fraction of sp³-hybridized carbons (Fsp3) is 0.0556. The lowest BCUT2D eigenvalue weighted by molar-refractivity contribution is 0.102. The Kier molecular flexibility index (Phi) is 5.41. The molecule has 0 aliphatic carbocycles. The minimum Gasteiger partial charge on any atom is -0.454 e. The fourth-order valence-electron chi connectivity index (χ4n) is 2.41. The smallest absolute Gasteiger partial charge is 0.286 e.